The van der Waals surface area contributed by atoms with Gasteiger partial charge in [-0.2, -0.15) is 0 Å². The fourth-order valence-electron chi connectivity index (χ4n) is 1.55. The molecule has 0 saturated carbocycles. The fraction of sp³-hybridized carbons (Fsp3) is 0.167. The Morgan fingerprint density at radius 2 is 1.89 bits per heavy atom. The normalized spacial score (nSPS) is 12.7. The predicted molar refractivity (Wildman–Crippen MR) is 67.0 cm³/mol. The molecule has 96 valence electrons. The maximum Gasteiger partial charge on any atom is 0.194 e. The minimum absolute atomic E-state index is 0.139. The average Bonchev–Trinajstić information content (AvgIpc) is 2.72. The van der Waals surface area contributed by atoms with E-state index in [9.17, 15) is 18.3 Å². The molecule has 0 radical (unpaired) electrons. The summed E-state index contributed by atoms with van der Waals surface area (Å²) in [6, 6.07) is 3.66. The minimum Gasteiger partial charge on any atom is -0.388 e. The van der Waals surface area contributed by atoms with Crippen LogP contribution in [0.15, 0.2) is 28.1 Å². The van der Waals surface area contributed by atoms with Crippen molar-refractivity contribution in [3.05, 3.63) is 55.9 Å². The molecule has 1 nitrogen and oxygen atoms in total. The molecule has 0 aliphatic heterocycles. The number of rotatable bonds is 3. The lowest BCUT2D eigenvalue weighted by Gasteiger charge is -2.12. The highest BCUT2D eigenvalue weighted by Crippen LogP contribution is 2.30. The van der Waals surface area contributed by atoms with Gasteiger partial charge in [-0.1, -0.05) is 6.07 Å². The van der Waals surface area contributed by atoms with E-state index >= 15 is 0 Å². The Morgan fingerprint density at radius 3 is 2.50 bits per heavy atom. The second-order valence-corrected chi connectivity index (χ2v) is 5.53. The van der Waals surface area contributed by atoms with Crippen LogP contribution in [0.1, 0.15) is 16.5 Å². The molecule has 0 aliphatic rings. The number of aliphatic hydroxyl groups is 1. The van der Waals surface area contributed by atoms with Gasteiger partial charge in [-0.15, -0.1) is 11.3 Å². The molecule has 0 saturated heterocycles. The molecular weight excluding hydrogens is 329 g/mol. The molecule has 1 unspecified atom stereocenters. The zero-order valence-electron chi connectivity index (χ0n) is 8.96. The summed E-state index contributed by atoms with van der Waals surface area (Å²) in [5.74, 6) is -4.16. The molecule has 0 amide bonds. The molecule has 1 aromatic carbocycles. The molecule has 2 rings (SSSR count). The number of aliphatic hydroxyl groups excluding tert-OH is 1. The Labute approximate surface area is 114 Å². The maximum absolute atomic E-state index is 13.5. The molecule has 1 atom stereocenters. The molecule has 0 fully saturated rings. The van der Waals surface area contributed by atoms with Crippen molar-refractivity contribution in [3.63, 3.8) is 0 Å². The summed E-state index contributed by atoms with van der Waals surface area (Å²) in [4.78, 5) is 0.812. The lowest BCUT2D eigenvalue weighted by atomic mass is 10.0. The van der Waals surface area contributed by atoms with Crippen molar-refractivity contribution in [2.24, 2.45) is 0 Å². The van der Waals surface area contributed by atoms with E-state index in [1.165, 1.54) is 11.3 Å². The van der Waals surface area contributed by atoms with Crippen LogP contribution in [0.25, 0.3) is 0 Å². The first-order chi connectivity index (χ1) is 8.50. The van der Waals surface area contributed by atoms with Crippen molar-refractivity contribution in [3.8, 4) is 0 Å². The molecule has 1 heterocycles. The van der Waals surface area contributed by atoms with Crippen LogP contribution in [0.5, 0.6) is 0 Å². The number of benzene rings is 1. The summed E-state index contributed by atoms with van der Waals surface area (Å²) in [5, 5.41) is 11.7. The van der Waals surface area contributed by atoms with E-state index in [1.54, 1.807) is 6.07 Å². The lowest BCUT2D eigenvalue weighted by molar-refractivity contribution is 0.172. The van der Waals surface area contributed by atoms with Crippen LogP contribution in [0.2, 0.25) is 0 Å². The molecule has 0 spiro atoms. The maximum atomic E-state index is 13.5. The van der Waals surface area contributed by atoms with Crippen LogP contribution < -0.4 is 0 Å². The summed E-state index contributed by atoms with van der Waals surface area (Å²) in [5.41, 5.74) is -0.241. The summed E-state index contributed by atoms with van der Waals surface area (Å²) < 4.78 is 40.1. The second-order valence-electron chi connectivity index (χ2n) is 3.68. The quantitative estimate of drug-likeness (QED) is 0.832. The fourth-order valence-corrected chi connectivity index (χ4v) is 3.11. The standard InChI is InChI=1S/C12H8BrF3OS/c13-7-3-4-18-10(7)5-9(17)6-1-2-8(14)12(16)11(6)15/h1-4,9,17H,5H2. The van der Waals surface area contributed by atoms with Gasteiger partial charge in [0.1, 0.15) is 0 Å². The van der Waals surface area contributed by atoms with Crippen LogP contribution in [-0.4, -0.2) is 5.11 Å². The van der Waals surface area contributed by atoms with Crippen LogP contribution in [-0.2, 0) is 6.42 Å². The van der Waals surface area contributed by atoms with Crippen molar-refractivity contribution in [1.82, 2.24) is 0 Å². The van der Waals surface area contributed by atoms with Crippen molar-refractivity contribution in [1.29, 1.82) is 0 Å². The van der Waals surface area contributed by atoms with E-state index in [4.69, 9.17) is 0 Å². The topological polar surface area (TPSA) is 20.2 Å². The molecule has 2 aromatic rings. The Hall–Kier alpha value is -0.850. The molecule has 0 bridgehead atoms. The third kappa shape index (κ3) is 2.60. The van der Waals surface area contributed by atoms with E-state index < -0.39 is 23.6 Å². The first-order valence-corrected chi connectivity index (χ1v) is 6.71. The highest BCUT2D eigenvalue weighted by molar-refractivity contribution is 9.10. The monoisotopic (exact) mass is 336 g/mol. The van der Waals surface area contributed by atoms with Gasteiger partial charge in [-0.05, 0) is 33.4 Å². The van der Waals surface area contributed by atoms with E-state index in [2.05, 4.69) is 15.9 Å². The number of hydrogen-bond acceptors (Lipinski definition) is 2. The van der Waals surface area contributed by atoms with Crippen LogP contribution in [0, 0.1) is 17.5 Å². The Morgan fingerprint density at radius 1 is 1.17 bits per heavy atom. The van der Waals surface area contributed by atoms with Crippen LogP contribution >= 0.6 is 27.3 Å². The average molecular weight is 337 g/mol. The van der Waals surface area contributed by atoms with Crippen molar-refractivity contribution in [2.45, 2.75) is 12.5 Å². The number of halogens is 4. The predicted octanol–water partition coefficient (Wildman–Crippen LogP) is 4.20. The van der Waals surface area contributed by atoms with E-state index in [0.717, 1.165) is 21.5 Å². The van der Waals surface area contributed by atoms with E-state index in [-0.39, 0.29) is 12.0 Å². The van der Waals surface area contributed by atoms with Crippen LogP contribution in [0.3, 0.4) is 0 Å². The first-order valence-electron chi connectivity index (χ1n) is 5.04. The molecule has 18 heavy (non-hydrogen) atoms. The van der Waals surface area contributed by atoms with Crippen molar-refractivity contribution < 1.29 is 18.3 Å². The van der Waals surface area contributed by atoms with Gasteiger partial charge in [0.15, 0.2) is 17.5 Å². The van der Waals surface area contributed by atoms with Gasteiger partial charge in [0.25, 0.3) is 0 Å². The van der Waals surface area contributed by atoms with Gasteiger partial charge in [-0.3, -0.25) is 0 Å². The molecular formula is C12H8BrF3OS. The molecule has 1 aromatic heterocycles. The Bertz CT molecular complexity index is 570. The summed E-state index contributed by atoms with van der Waals surface area (Å²) in [6.07, 6.45) is -1.07. The van der Waals surface area contributed by atoms with Crippen molar-refractivity contribution in [2.75, 3.05) is 0 Å². The van der Waals surface area contributed by atoms with E-state index in [1.807, 2.05) is 5.38 Å². The van der Waals surface area contributed by atoms with E-state index in [0.29, 0.717) is 0 Å². The highest BCUT2D eigenvalue weighted by Gasteiger charge is 2.20. The highest BCUT2D eigenvalue weighted by atomic mass is 79.9. The smallest absolute Gasteiger partial charge is 0.194 e. The SMILES string of the molecule is OC(Cc1sccc1Br)c1ccc(F)c(F)c1F. The summed E-state index contributed by atoms with van der Waals surface area (Å²) >= 11 is 4.67. The summed E-state index contributed by atoms with van der Waals surface area (Å²) in [7, 11) is 0. The zero-order valence-corrected chi connectivity index (χ0v) is 11.4. The van der Waals surface area contributed by atoms with Gasteiger partial charge in [0.05, 0.1) is 6.10 Å². The van der Waals surface area contributed by atoms with Gasteiger partial charge in [0.2, 0.25) is 0 Å². The number of hydrogen-bond donors (Lipinski definition) is 1. The summed E-state index contributed by atoms with van der Waals surface area (Å²) in [6.45, 7) is 0. The molecule has 6 heteroatoms. The van der Waals surface area contributed by atoms with Gasteiger partial charge in [-0.25, -0.2) is 13.2 Å². The van der Waals surface area contributed by atoms with Gasteiger partial charge < -0.3 is 5.11 Å². The van der Waals surface area contributed by atoms with Gasteiger partial charge in [0, 0.05) is 21.3 Å². The zero-order chi connectivity index (χ0) is 13.3. The third-order valence-electron chi connectivity index (χ3n) is 2.49. The van der Waals surface area contributed by atoms with Crippen LogP contribution in [0.4, 0.5) is 13.2 Å². The molecule has 0 aliphatic carbocycles. The van der Waals surface area contributed by atoms with Gasteiger partial charge >= 0.3 is 0 Å². The van der Waals surface area contributed by atoms with Crippen molar-refractivity contribution >= 4 is 27.3 Å². The Kier molecular flexibility index (Phi) is 4.09. The largest absolute Gasteiger partial charge is 0.388 e. The lowest BCUT2D eigenvalue weighted by Crippen LogP contribution is -2.06. The first kappa shape index (κ1) is 13.6. The minimum atomic E-state index is -1.56. The Balaban J connectivity index is 2.27. The number of thiophene rings is 1. The molecule has 1 N–H and O–H groups in total. The second kappa shape index (κ2) is 5.42. The third-order valence-corrected chi connectivity index (χ3v) is 4.44.